The second-order valence-electron chi connectivity index (χ2n) is 13.8. The third-order valence-electron chi connectivity index (χ3n) is 11.9. The number of hydrogen-bond donors (Lipinski definition) is 1. The Morgan fingerprint density at radius 1 is 0.974 bits per heavy atom. The zero-order valence-electron chi connectivity index (χ0n) is 23.8. The molecular weight excluding hydrogens is 504 g/mol. The topological polar surface area (TPSA) is 125 Å². The average molecular weight is 545 g/mol. The molecule has 9 heteroatoms. The van der Waals surface area contributed by atoms with E-state index in [0.717, 1.165) is 5.56 Å². The summed E-state index contributed by atoms with van der Waals surface area (Å²) < 4.78 is 30.1. The maximum absolute atomic E-state index is 13.4. The summed E-state index contributed by atoms with van der Waals surface area (Å²) in [5, 5.41) is 11.3. The van der Waals surface area contributed by atoms with Gasteiger partial charge >= 0.3 is 17.9 Å². The second-order valence-corrected chi connectivity index (χ2v) is 13.8. The van der Waals surface area contributed by atoms with Crippen LogP contribution in [-0.2, 0) is 33.3 Å². The molecule has 6 rings (SSSR count). The largest absolute Gasteiger partial charge is 0.472 e. The van der Waals surface area contributed by atoms with Crippen molar-refractivity contribution in [3.05, 3.63) is 24.2 Å². The lowest BCUT2D eigenvalue weighted by Gasteiger charge is -2.71. The molecule has 1 aromatic rings. The molecule has 5 aliphatic rings. The van der Waals surface area contributed by atoms with Crippen molar-refractivity contribution in [2.24, 2.45) is 33.5 Å². The lowest BCUT2D eigenvalue weighted by molar-refractivity contribution is -0.297. The standard InChI is InChI=1S/C30H40O9/c1-15(31)36-21-13-20(33)26(3,4)19-12-22(37-16(2)32)29(7)18(28(19,21)6)8-10-27(5)23(17-9-11-35-14-17)38-25(34)24-30(27,29)39-24/h9,11,14,18-24,33H,8,10,12-13H2,1-7H3/t18-,19-,20+,21-,22-,23-,24+,27-,28+,29-,30+/m0/s1. The molecule has 0 unspecified atom stereocenters. The number of ether oxygens (including phenoxy) is 4. The van der Waals surface area contributed by atoms with E-state index in [4.69, 9.17) is 23.4 Å². The Bertz CT molecular complexity index is 1210. The van der Waals surface area contributed by atoms with Gasteiger partial charge in [-0.25, -0.2) is 4.79 Å². The molecule has 1 spiro atoms. The van der Waals surface area contributed by atoms with Gasteiger partial charge in [0, 0.05) is 42.1 Å². The van der Waals surface area contributed by atoms with Crippen molar-refractivity contribution in [2.45, 2.75) is 110 Å². The van der Waals surface area contributed by atoms with Crippen molar-refractivity contribution in [1.82, 2.24) is 0 Å². The Morgan fingerprint density at radius 2 is 1.64 bits per heavy atom. The van der Waals surface area contributed by atoms with Crippen LogP contribution in [0, 0.1) is 33.5 Å². The molecule has 1 aromatic heterocycles. The highest BCUT2D eigenvalue weighted by molar-refractivity contribution is 5.82. The molecule has 39 heavy (non-hydrogen) atoms. The Labute approximate surface area is 228 Å². The molecule has 5 fully saturated rings. The van der Waals surface area contributed by atoms with Gasteiger partial charge in [0.2, 0.25) is 0 Å². The van der Waals surface area contributed by atoms with Gasteiger partial charge in [0.25, 0.3) is 0 Å². The molecule has 3 heterocycles. The van der Waals surface area contributed by atoms with Crippen LogP contribution in [0.1, 0.15) is 85.8 Å². The molecular formula is C30H40O9. The van der Waals surface area contributed by atoms with E-state index in [1.54, 1.807) is 12.5 Å². The van der Waals surface area contributed by atoms with Gasteiger partial charge in [0.1, 0.15) is 23.9 Å². The number of aliphatic hydroxyl groups is 1. The Kier molecular flexibility index (Phi) is 5.56. The van der Waals surface area contributed by atoms with Crippen LogP contribution in [0.25, 0.3) is 0 Å². The van der Waals surface area contributed by atoms with Crippen molar-refractivity contribution >= 4 is 17.9 Å². The zero-order valence-corrected chi connectivity index (χ0v) is 23.8. The van der Waals surface area contributed by atoms with Gasteiger partial charge in [-0.3, -0.25) is 9.59 Å². The quantitative estimate of drug-likeness (QED) is 0.340. The molecule has 1 N–H and O–H groups in total. The Morgan fingerprint density at radius 3 is 2.26 bits per heavy atom. The molecule has 3 saturated carbocycles. The SMILES string of the molecule is CC(=O)O[C@H]1C[C@@H](O)C(C)(C)[C@@H]2C[C@H](OC(C)=O)[C@]3(C)[C@@H](CC[C@@]4(C)[C@H](c5ccoc5)OC(=O)[C@H]5O[C@@]534)[C@@]12C. The van der Waals surface area contributed by atoms with Crippen LogP contribution in [0.2, 0.25) is 0 Å². The third kappa shape index (κ3) is 3.12. The second kappa shape index (κ2) is 8.09. The summed E-state index contributed by atoms with van der Waals surface area (Å²) >= 11 is 0. The van der Waals surface area contributed by atoms with Crippen molar-refractivity contribution in [1.29, 1.82) is 0 Å². The number of furan rings is 1. The Balaban J connectivity index is 1.55. The first-order valence-electron chi connectivity index (χ1n) is 14.1. The number of fused-ring (bicyclic) bond motifs is 3. The predicted octanol–water partition coefficient (Wildman–Crippen LogP) is 4.12. The fraction of sp³-hybridized carbons (Fsp3) is 0.767. The number of epoxide rings is 1. The maximum Gasteiger partial charge on any atom is 0.339 e. The van der Waals surface area contributed by atoms with Gasteiger partial charge in [-0.1, -0.05) is 34.6 Å². The fourth-order valence-electron chi connectivity index (χ4n) is 10.2. The van der Waals surface area contributed by atoms with E-state index in [1.165, 1.54) is 13.8 Å². The summed E-state index contributed by atoms with van der Waals surface area (Å²) in [7, 11) is 0. The molecule has 9 nitrogen and oxygen atoms in total. The number of carbonyl (C=O) groups is 3. The van der Waals surface area contributed by atoms with Crippen LogP contribution in [0.4, 0.5) is 0 Å². The van der Waals surface area contributed by atoms with Crippen LogP contribution in [-0.4, -0.2) is 53.0 Å². The van der Waals surface area contributed by atoms with Crippen LogP contribution in [0.5, 0.6) is 0 Å². The monoisotopic (exact) mass is 544 g/mol. The molecule has 214 valence electrons. The minimum Gasteiger partial charge on any atom is -0.472 e. The van der Waals surface area contributed by atoms with Gasteiger partial charge in [-0.05, 0) is 42.6 Å². The normalized spacial score (nSPS) is 49.3. The maximum atomic E-state index is 13.4. The highest BCUT2D eigenvalue weighted by Crippen LogP contribution is 2.80. The molecule has 0 amide bonds. The van der Waals surface area contributed by atoms with Crippen LogP contribution < -0.4 is 0 Å². The van der Waals surface area contributed by atoms with E-state index < -0.39 is 75.7 Å². The molecule has 11 atom stereocenters. The lowest BCUT2D eigenvalue weighted by atomic mass is 9.34. The highest BCUT2D eigenvalue weighted by atomic mass is 16.7. The number of rotatable bonds is 3. The molecule has 2 aliphatic heterocycles. The van der Waals surface area contributed by atoms with Gasteiger partial charge in [-0.2, -0.15) is 0 Å². The van der Waals surface area contributed by atoms with E-state index in [2.05, 4.69) is 20.8 Å². The smallest absolute Gasteiger partial charge is 0.339 e. The third-order valence-corrected chi connectivity index (χ3v) is 11.9. The fourth-order valence-corrected chi connectivity index (χ4v) is 10.2. The van der Waals surface area contributed by atoms with Crippen LogP contribution >= 0.6 is 0 Å². The van der Waals surface area contributed by atoms with Crippen molar-refractivity contribution < 1.29 is 42.9 Å². The van der Waals surface area contributed by atoms with Crippen molar-refractivity contribution in [3.8, 4) is 0 Å². The summed E-state index contributed by atoms with van der Waals surface area (Å²) in [5.74, 6) is -1.49. The first-order chi connectivity index (χ1) is 18.2. The summed E-state index contributed by atoms with van der Waals surface area (Å²) in [6.45, 7) is 13.3. The molecule has 0 radical (unpaired) electrons. The van der Waals surface area contributed by atoms with Gasteiger partial charge in [0.05, 0.1) is 18.6 Å². The summed E-state index contributed by atoms with van der Waals surface area (Å²) in [4.78, 5) is 38.3. The minimum atomic E-state index is -0.963. The van der Waals surface area contributed by atoms with E-state index in [-0.39, 0.29) is 11.8 Å². The number of hydrogen-bond acceptors (Lipinski definition) is 9. The zero-order chi connectivity index (χ0) is 28.3. The number of cyclic esters (lactones) is 1. The van der Waals surface area contributed by atoms with Crippen molar-refractivity contribution in [3.63, 3.8) is 0 Å². The summed E-state index contributed by atoms with van der Waals surface area (Å²) in [5.41, 5.74) is -2.72. The van der Waals surface area contributed by atoms with E-state index >= 15 is 0 Å². The number of carbonyl (C=O) groups excluding carboxylic acids is 3. The van der Waals surface area contributed by atoms with Gasteiger partial charge < -0.3 is 28.5 Å². The van der Waals surface area contributed by atoms with E-state index in [1.807, 2.05) is 19.9 Å². The molecule has 0 aromatic carbocycles. The first-order valence-corrected chi connectivity index (χ1v) is 14.1. The van der Waals surface area contributed by atoms with Gasteiger partial charge in [0.15, 0.2) is 6.10 Å². The number of aliphatic hydroxyl groups excluding tert-OH is 1. The van der Waals surface area contributed by atoms with Crippen LogP contribution in [0.3, 0.4) is 0 Å². The van der Waals surface area contributed by atoms with E-state index in [9.17, 15) is 19.5 Å². The minimum absolute atomic E-state index is 0.126. The molecule has 2 saturated heterocycles. The van der Waals surface area contributed by atoms with Crippen molar-refractivity contribution in [2.75, 3.05) is 0 Å². The summed E-state index contributed by atoms with van der Waals surface area (Å²) in [6, 6.07) is 1.82. The first kappa shape index (κ1) is 26.8. The number of esters is 3. The average Bonchev–Trinajstić information content (AvgIpc) is 3.41. The Hall–Kier alpha value is -2.39. The van der Waals surface area contributed by atoms with Crippen LogP contribution in [0.15, 0.2) is 23.0 Å². The lowest BCUT2D eigenvalue weighted by Crippen LogP contribution is -2.75. The van der Waals surface area contributed by atoms with E-state index in [0.29, 0.717) is 25.7 Å². The summed E-state index contributed by atoms with van der Waals surface area (Å²) in [6.07, 6.45) is 2.14. The van der Waals surface area contributed by atoms with Gasteiger partial charge in [-0.15, -0.1) is 0 Å². The molecule has 3 aliphatic carbocycles. The predicted molar refractivity (Wildman–Crippen MR) is 136 cm³/mol. The molecule has 0 bridgehead atoms. The highest BCUT2D eigenvalue weighted by Gasteiger charge is 2.89.